The Morgan fingerprint density at radius 3 is 2.33 bits per heavy atom. The van der Waals surface area contributed by atoms with Crippen molar-refractivity contribution >= 4 is 17.6 Å². The van der Waals surface area contributed by atoms with Gasteiger partial charge in [0.15, 0.2) is 0 Å². The van der Waals surface area contributed by atoms with Gasteiger partial charge in [-0.05, 0) is 29.8 Å². The highest BCUT2D eigenvalue weighted by Gasteiger charge is 2.03. The molecule has 0 saturated carbocycles. The lowest BCUT2D eigenvalue weighted by Gasteiger charge is -2.03. The lowest BCUT2D eigenvalue weighted by molar-refractivity contribution is 1.50. The van der Waals surface area contributed by atoms with Crippen molar-refractivity contribution in [3.8, 4) is 0 Å². The molecule has 0 unspecified atom stereocenters. The number of allylic oxidation sites excluding steroid dienone is 5. The molecule has 0 heterocycles. The Labute approximate surface area is 124 Å². The first-order valence-electron chi connectivity index (χ1n) is 6.91. The molecule has 102 valence electrons. The number of hydrogen-bond acceptors (Lipinski definition) is 2. The molecule has 21 heavy (non-hydrogen) atoms. The molecule has 0 fully saturated rings. The van der Waals surface area contributed by atoms with Gasteiger partial charge in [-0.15, -0.1) is 0 Å². The van der Waals surface area contributed by atoms with Gasteiger partial charge >= 0.3 is 0 Å². The fourth-order valence-corrected chi connectivity index (χ4v) is 2.05. The van der Waals surface area contributed by atoms with E-state index < -0.39 is 0 Å². The van der Waals surface area contributed by atoms with E-state index in [2.05, 4.69) is 22.5 Å². The molecule has 1 N–H and O–H groups in total. The van der Waals surface area contributed by atoms with Crippen molar-refractivity contribution < 1.29 is 0 Å². The normalized spacial score (nSPS) is 15.6. The van der Waals surface area contributed by atoms with Crippen LogP contribution >= 0.6 is 0 Å². The van der Waals surface area contributed by atoms with Crippen LogP contribution in [0, 0.1) is 0 Å². The molecule has 2 aromatic rings. The lowest BCUT2D eigenvalue weighted by Crippen LogP contribution is -1.92. The minimum absolute atomic E-state index is 0.959. The predicted octanol–water partition coefficient (Wildman–Crippen LogP) is 4.88. The summed E-state index contributed by atoms with van der Waals surface area (Å²) in [5.74, 6) is 0. The largest absolute Gasteiger partial charge is 0.361 e. The molecule has 0 atom stereocenters. The van der Waals surface area contributed by atoms with E-state index >= 15 is 0 Å². The predicted molar refractivity (Wildman–Crippen MR) is 90.0 cm³/mol. The smallest absolute Gasteiger partial charge is 0.0629 e. The van der Waals surface area contributed by atoms with E-state index in [0.29, 0.717) is 0 Å². The number of nitrogens with zero attached hydrogens (tertiary/aromatic N) is 1. The monoisotopic (exact) mass is 272 g/mol. The average Bonchev–Trinajstić information content (AvgIpc) is 3.00. The van der Waals surface area contributed by atoms with Crippen molar-refractivity contribution in [3.05, 3.63) is 96.2 Å². The van der Waals surface area contributed by atoms with Crippen molar-refractivity contribution in [1.82, 2.24) is 0 Å². The van der Waals surface area contributed by atoms with E-state index in [1.807, 2.05) is 79.2 Å². The maximum Gasteiger partial charge on any atom is 0.0629 e. The lowest BCUT2D eigenvalue weighted by atomic mass is 10.1. The number of aliphatic imine (C=N–C) groups is 1. The van der Waals surface area contributed by atoms with Crippen LogP contribution in [0.25, 0.3) is 0 Å². The number of para-hydroxylation sites is 2. The molecule has 0 amide bonds. The Balaban J connectivity index is 1.70. The molecule has 0 spiro atoms. The zero-order valence-electron chi connectivity index (χ0n) is 11.6. The van der Waals surface area contributed by atoms with Gasteiger partial charge in [-0.2, -0.15) is 0 Å². The Hall–Kier alpha value is -2.87. The van der Waals surface area contributed by atoms with Crippen molar-refractivity contribution in [2.75, 3.05) is 5.32 Å². The summed E-state index contributed by atoms with van der Waals surface area (Å²) in [6.45, 7) is 0. The second kappa shape index (κ2) is 6.53. The van der Waals surface area contributed by atoms with Crippen molar-refractivity contribution in [2.24, 2.45) is 4.99 Å². The summed E-state index contributed by atoms with van der Waals surface area (Å²) in [6.07, 6.45) is 10.1. The van der Waals surface area contributed by atoms with Gasteiger partial charge in [-0.25, -0.2) is 0 Å². The molecule has 0 aliphatic heterocycles. The highest BCUT2D eigenvalue weighted by Crippen LogP contribution is 2.19. The van der Waals surface area contributed by atoms with Gasteiger partial charge in [0.2, 0.25) is 0 Å². The van der Waals surface area contributed by atoms with Crippen molar-refractivity contribution in [3.63, 3.8) is 0 Å². The van der Waals surface area contributed by atoms with Gasteiger partial charge in [0.05, 0.1) is 5.69 Å². The summed E-state index contributed by atoms with van der Waals surface area (Å²) >= 11 is 0. The molecule has 0 aromatic heterocycles. The van der Waals surface area contributed by atoms with Gasteiger partial charge in [-0.3, -0.25) is 4.99 Å². The molecular formula is C19H16N2. The van der Waals surface area contributed by atoms with E-state index in [1.165, 1.54) is 0 Å². The standard InChI is InChI=1S/C19H16N2/c1-3-10-18(11-4-1)20-14-16-8-7-9-17(16)15-21-19-12-5-2-6-13-19/h1-15,20H/b16-14+,21-15-. The van der Waals surface area contributed by atoms with E-state index in [0.717, 1.165) is 22.5 Å². The molecule has 0 radical (unpaired) electrons. The van der Waals surface area contributed by atoms with E-state index in [-0.39, 0.29) is 0 Å². The summed E-state index contributed by atoms with van der Waals surface area (Å²) in [5.41, 5.74) is 4.26. The number of benzene rings is 2. The molecule has 2 nitrogen and oxygen atoms in total. The molecule has 1 aliphatic carbocycles. The second-order valence-corrected chi connectivity index (χ2v) is 4.68. The zero-order chi connectivity index (χ0) is 14.3. The molecule has 0 bridgehead atoms. The van der Waals surface area contributed by atoms with Crippen molar-refractivity contribution in [1.29, 1.82) is 0 Å². The Morgan fingerprint density at radius 1 is 0.857 bits per heavy atom. The first kappa shape index (κ1) is 13.1. The fourth-order valence-electron chi connectivity index (χ4n) is 2.05. The molecular weight excluding hydrogens is 256 g/mol. The van der Waals surface area contributed by atoms with E-state index in [1.54, 1.807) is 0 Å². The molecule has 0 saturated heterocycles. The Morgan fingerprint density at radius 2 is 1.57 bits per heavy atom. The summed E-state index contributed by atoms with van der Waals surface area (Å²) in [6, 6.07) is 20.1. The van der Waals surface area contributed by atoms with Gasteiger partial charge < -0.3 is 5.32 Å². The van der Waals surface area contributed by atoms with Crippen LogP contribution in [0.4, 0.5) is 11.4 Å². The highest BCUT2D eigenvalue weighted by molar-refractivity contribution is 5.89. The molecule has 1 aliphatic rings. The first-order valence-corrected chi connectivity index (χ1v) is 6.91. The minimum Gasteiger partial charge on any atom is -0.361 e. The van der Waals surface area contributed by atoms with Crippen LogP contribution in [0.15, 0.2) is 101 Å². The van der Waals surface area contributed by atoms with Gasteiger partial charge in [0.25, 0.3) is 0 Å². The Bertz CT molecular complexity index is 708. The fraction of sp³-hybridized carbons (Fsp3) is 0. The van der Waals surface area contributed by atoms with Crippen LogP contribution in [-0.4, -0.2) is 6.21 Å². The number of nitrogens with one attached hydrogen (secondary N) is 1. The first-order chi connectivity index (χ1) is 10.4. The number of anilines is 1. The second-order valence-electron chi connectivity index (χ2n) is 4.68. The molecule has 2 aromatic carbocycles. The topological polar surface area (TPSA) is 24.4 Å². The third-order valence-electron chi connectivity index (χ3n) is 3.16. The molecule has 2 heteroatoms. The summed E-state index contributed by atoms with van der Waals surface area (Å²) in [5, 5.41) is 3.30. The third kappa shape index (κ3) is 3.57. The number of hydrogen-bond donors (Lipinski definition) is 1. The van der Waals surface area contributed by atoms with E-state index in [9.17, 15) is 0 Å². The quantitative estimate of drug-likeness (QED) is 0.788. The minimum atomic E-state index is 0.959. The van der Waals surface area contributed by atoms with Gasteiger partial charge in [-0.1, -0.05) is 54.6 Å². The molecule has 3 rings (SSSR count). The highest BCUT2D eigenvalue weighted by atomic mass is 14.8. The van der Waals surface area contributed by atoms with Crippen LogP contribution in [0.2, 0.25) is 0 Å². The van der Waals surface area contributed by atoms with Crippen LogP contribution in [0.1, 0.15) is 0 Å². The van der Waals surface area contributed by atoms with Crippen LogP contribution in [0.3, 0.4) is 0 Å². The number of rotatable bonds is 4. The summed E-state index contributed by atoms with van der Waals surface area (Å²) in [7, 11) is 0. The van der Waals surface area contributed by atoms with Crippen molar-refractivity contribution in [2.45, 2.75) is 0 Å². The van der Waals surface area contributed by atoms with Crippen LogP contribution in [0.5, 0.6) is 0 Å². The summed E-state index contributed by atoms with van der Waals surface area (Å²) in [4.78, 5) is 4.49. The van der Waals surface area contributed by atoms with Crippen LogP contribution in [-0.2, 0) is 0 Å². The maximum atomic E-state index is 4.49. The average molecular weight is 272 g/mol. The van der Waals surface area contributed by atoms with Crippen LogP contribution < -0.4 is 5.32 Å². The van der Waals surface area contributed by atoms with Gasteiger partial charge in [0.1, 0.15) is 0 Å². The Kier molecular flexibility index (Phi) is 4.08. The van der Waals surface area contributed by atoms with Gasteiger partial charge in [0, 0.05) is 23.7 Å². The SMILES string of the molecule is C1=C/C(=C\Nc2ccccc2)C(/C=N\c2ccccc2)=C1. The summed E-state index contributed by atoms with van der Waals surface area (Å²) < 4.78 is 0. The zero-order valence-corrected chi connectivity index (χ0v) is 11.6. The van der Waals surface area contributed by atoms with E-state index in [4.69, 9.17) is 0 Å². The third-order valence-corrected chi connectivity index (χ3v) is 3.16. The maximum absolute atomic E-state index is 4.49.